The van der Waals surface area contributed by atoms with E-state index in [1.165, 1.54) is 37.4 Å². The first-order valence-corrected chi connectivity index (χ1v) is 15.7. The first kappa shape index (κ1) is 26.6. The summed E-state index contributed by atoms with van der Waals surface area (Å²) in [5, 5.41) is 12.0. The van der Waals surface area contributed by atoms with Crippen LogP contribution in [0.3, 0.4) is 0 Å². The number of benzene rings is 6. The molecule has 0 bridgehead atoms. The number of hydrogen-bond acceptors (Lipinski definition) is 3. The third-order valence-corrected chi connectivity index (χ3v) is 10.1. The molecule has 0 saturated carbocycles. The molecular formula is C41H29NOS. The van der Waals surface area contributed by atoms with E-state index in [9.17, 15) is 5.26 Å². The van der Waals surface area contributed by atoms with Crippen LogP contribution in [0.25, 0.3) is 28.0 Å². The normalized spacial score (nSPS) is 17.3. The summed E-state index contributed by atoms with van der Waals surface area (Å²) in [7, 11) is 0. The van der Waals surface area contributed by atoms with Crippen LogP contribution in [0.2, 0.25) is 0 Å². The van der Waals surface area contributed by atoms with Crippen LogP contribution < -0.4 is 4.74 Å². The van der Waals surface area contributed by atoms with Crippen molar-refractivity contribution in [2.75, 3.05) is 0 Å². The molecule has 0 spiro atoms. The van der Waals surface area contributed by atoms with Crippen molar-refractivity contribution < 1.29 is 4.74 Å². The number of rotatable bonds is 4. The Morgan fingerprint density at radius 3 is 2.05 bits per heavy atom. The van der Waals surface area contributed by atoms with E-state index in [0.717, 1.165) is 27.8 Å². The van der Waals surface area contributed by atoms with E-state index in [0.29, 0.717) is 5.56 Å². The maximum absolute atomic E-state index is 9.70. The van der Waals surface area contributed by atoms with Gasteiger partial charge in [0.05, 0.1) is 11.6 Å². The van der Waals surface area contributed by atoms with Crippen molar-refractivity contribution in [1.29, 1.82) is 5.26 Å². The van der Waals surface area contributed by atoms with Crippen LogP contribution >= 0.6 is 11.8 Å². The predicted octanol–water partition coefficient (Wildman–Crippen LogP) is 10.5. The third-order valence-electron chi connectivity index (χ3n) is 9.13. The van der Waals surface area contributed by atoms with Crippen LogP contribution in [-0.2, 0) is 11.0 Å². The van der Waals surface area contributed by atoms with Gasteiger partial charge in [0, 0.05) is 37.3 Å². The lowest BCUT2D eigenvalue weighted by molar-refractivity contribution is 0.163. The van der Waals surface area contributed by atoms with Gasteiger partial charge in [-0.3, -0.25) is 0 Å². The molecule has 1 unspecified atom stereocenters. The SMILES string of the molecule is CC1(C)c2cc(C#N)ccc2-c2c1c1c(c3ccccc23)OC(c2ccccc2)(c2ccc(Sc3ccccc3)cc2)C=C1. The Labute approximate surface area is 262 Å². The van der Waals surface area contributed by atoms with Crippen LogP contribution in [0, 0.1) is 11.3 Å². The van der Waals surface area contributed by atoms with Crippen molar-refractivity contribution in [3.8, 4) is 22.9 Å². The van der Waals surface area contributed by atoms with Crippen LogP contribution in [-0.4, -0.2) is 0 Å². The fourth-order valence-corrected chi connectivity index (χ4v) is 7.90. The highest BCUT2D eigenvalue weighted by atomic mass is 32.2. The van der Waals surface area contributed by atoms with E-state index in [2.05, 4.69) is 147 Å². The van der Waals surface area contributed by atoms with Gasteiger partial charge in [-0.2, -0.15) is 5.26 Å². The third kappa shape index (κ3) is 3.95. The van der Waals surface area contributed by atoms with Crippen molar-refractivity contribution >= 4 is 28.6 Å². The fourth-order valence-electron chi connectivity index (χ4n) is 7.06. The molecule has 1 atom stereocenters. The van der Waals surface area contributed by atoms with Crippen molar-refractivity contribution in [2.24, 2.45) is 0 Å². The Kier molecular flexibility index (Phi) is 6.05. The van der Waals surface area contributed by atoms with Crippen molar-refractivity contribution in [3.63, 3.8) is 0 Å². The van der Waals surface area contributed by atoms with Gasteiger partial charge in [0.15, 0.2) is 5.60 Å². The van der Waals surface area contributed by atoms with Crippen LogP contribution in [0.15, 0.2) is 143 Å². The summed E-state index contributed by atoms with van der Waals surface area (Å²) in [5.74, 6) is 0.898. The summed E-state index contributed by atoms with van der Waals surface area (Å²) in [5.41, 5.74) is 7.73. The molecule has 2 aliphatic rings. The lowest BCUT2D eigenvalue weighted by Gasteiger charge is -2.38. The zero-order chi connectivity index (χ0) is 29.9. The van der Waals surface area contributed by atoms with Gasteiger partial charge in [-0.05, 0) is 70.1 Å². The van der Waals surface area contributed by atoms with Gasteiger partial charge in [-0.25, -0.2) is 0 Å². The van der Waals surface area contributed by atoms with E-state index in [-0.39, 0.29) is 5.41 Å². The Morgan fingerprint density at radius 1 is 0.682 bits per heavy atom. The van der Waals surface area contributed by atoms with Gasteiger partial charge in [0.1, 0.15) is 5.75 Å². The molecule has 8 rings (SSSR count). The maximum atomic E-state index is 9.70. The molecule has 0 aromatic heterocycles. The Morgan fingerprint density at radius 2 is 1.32 bits per heavy atom. The molecule has 2 nitrogen and oxygen atoms in total. The predicted molar refractivity (Wildman–Crippen MR) is 180 cm³/mol. The average molecular weight is 584 g/mol. The zero-order valence-corrected chi connectivity index (χ0v) is 25.4. The molecule has 210 valence electrons. The molecule has 0 amide bonds. The highest BCUT2D eigenvalue weighted by Gasteiger charge is 2.44. The standard InChI is InChI=1S/C41H29NOS/c1-40(2)36-25-27(26-42)17-22-34(36)37-32-15-9-10-16-33(32)39-35(38(37)40)23-24-41(43-39,28-11-5-3-6-12-28)29-18-20-31(21-19-29)44-30-13-7-4-8-14-30/h3-25H,1-2H3. The minimum atomic E-state index is -0.801. The number of hydrogen-bond donors (Lipinski definition) is 0. The van der Waals surface area contributed by atoms with Gasteiger partial charge in [0.25, 0.3) is 0 Å². The number of ether oxygens (including phenoxy) is 1. The summed E-state index contributed by atoms with van der Waals surface area (Å²) in [6.07, 6.45) is 4.52. The second-order valence-electron chi connectivity index (χ2n) is 12.0. The second-order valence-corrected chi connectivity index (χ2v) is 13.2. The summed E-state index contributed by atoms with van der Waals surface area (Å²) in [6, 6.07) is 46.8. The molecule has 6 aromatic rings. The molecule has 3 heteroatoms. The number of fused-ring (bicyclic) bond motifs is 8. The number of nitriles is 1. The Bertz CT molecular complexity index is 2140. The molecule has 0 radical (unpaired) electrons. The summed E-state index contributed by atoms with van der Waals surface area (Å²) >= 11 is 1.76. The van der Waals surface area contributed by atoms with Gasteiger partial charge in [0.2, 0.25) is 0 Å². The van der Waals surface area contributed by atoms with Gasteiger partial charge in [-0.1, -0.05) is 123 Å². The Hall–Kier alpha value is -5.04. The minimum absolute atomic E-state index is 0.303. The van der Waals surface area contributed by atoms with Crippen LogP contribution in [0.4, 0.5) is 0 Å². The first-order valence-electron chi connectivity index (χ1n) is 14.9. The molecule has 1 aliphatic heterocycles. The monoisotopic (exact) mass is 583 g/mol. The smallest absolute Gasteiger partial charge is 0.178 e. The molecule has 0 fully saturated rings. The quantitative estimate of drug-likeness (QED) is 0.207. The molecule has 0 saturated heterocycles. The summed E-state index contributed by atoms with van der Waals surface area (Å²) in [4.78, 5) is 2.40. The fraction of sp³-hybridized carbons (Fsp3) is 0.0976. The van der Waals surface area contributed by atoms with E-state index < -0.39 is 5.60 Å². The zero-order valence-electron chi connectivity index (χ0n) is 24.5. The first-order chi connectivity index (χ1) is 21.5. The van der Waals surface area contributed by atoms with Gasteiger partial charge in [-0.15, -0.1) is 0 Å². The molecule has 6 aromatic carbocycles. The molecular weight excluding hydrogens is 555 g/mol. The highest BCUT2D eigenvalue weighted by Crippen LogP contribution is 2.58. The van der Waals surface area contributed by atoms with E-state index in [4.69, 9.17) is 4.74 Å². The second kappa shape index (κ2) is 10.0. The minimum Gasteiger partial charge on any atom is -0.472 e. The van der Waals surface area contributed by atoms with Crippen LogP contribution in [0.5, 0.6) is 5.75 Å². The van der Waals surface area contributed by atoms with Gasteiger partial charge < -0.3 is 4.74 Å². The van der Waals surface area contributed by atoms with E-state index in [1.54, 1.807) is 11.8 Å². The lowest BCUT2D eigenvalue weighted by Crippen LogP contribution is -2.35. The van der Waals surface area contributed by atoms with E-state index >= 15 is 0 Å². The average Bonchev–Trinajstić information content (AvgIpc) is 3.32. The Balaban J connectivity index is 1.33. The van der Waals surface area contributed by atoms with Gasteiger partial charge >= 0.3 is 0 Å². The topological polar surface area (TPSA) is 33.0 Å². The van der Waals surface area contributed by atoms with Crippen molar-refractivity contribution in [3.05, 3.63) is 167 Å². The van der Waals surface area contributed by atoms with E-state index in [1.807, 2.05) is 12.1 Å². The molecule has 1 heterocycles. The largest absolute Gasteiger partial charge is 0.472 e. The number of nitrogens with zero attached hydrogens (tertiary/aromatic N) is 1. The lowest BCUT2D eigenvalue weighted by atomic mass is 9.76. The molecule has 44 heavy (non-hydrogen) atoms. The highest BCUT2D eigenvalue weighted by molar-refractivity contribution is 7.99. The van der Waals surface area contributed by atoms with Crippen molar-refractivity contribution in [2.45, 2.75) is 34.7 Å². The maximum Gasteiger partial charge on any atom is 0.178 e. The summed E-state index contributed by atoms with van der Waals surface area (Å²) in [6.45, 7) is 4.54. The summed E-state index contributed by atoms with van der Waals surface area (Å²) < 4.78 is 7.38. The molecule has 0 N–H and O–H groups in total. The van der Waals surface area contributed by atoms with Crippen molar-refractivity contribution in [1.82, 2.24) is 0 Å². The van der Waals surface area contributed by atoms with Crippen LogP contribution in [0.1, 0.15) is 47.2 Å². The molecule has 1 aliphatic carbocycles.